The van der Waals surface area contributed by atoms with E-state index in [-0.39, 0.29) is 0 Å². The molecule has 1 aliphatic rings. The molecular formula is C16H20N4. The molecule has 4 heteroatoms. The summed E-state index contributed by atoms with van der Waals surface area (Å²) in [5.74, 6) is 0.713. The van der Waals surface area contributed by atoms with Crippen LogP contribution in [-0.2, 0) is 0 Å². The largest absolute Gasteiger partial charge is 0.351 e. The van der Waals surface area contributed by atoms with Crippen molar-refractivity contribution in [3.63, 3.8) is 0 Å². The van der Waals surface area contributed by atoms with Crippen LogP contribution in [0.2, 0.25) is 0 Å². The van der Waals surface area contributed by atoms with Crippen LogP contribution in [0, 0.1) is 0 Å². The third-order valence-corrected chi connectivity index (χ3v) is 3.86. The number of nitrogens with one attached hydrogen (secondary N) is 1. The van der Waals surface area contributed by atoms with Gasteiger partial charge in [-0.25, -0.2) is 9.97 Å². The highest BCUT2D eigenvalue weighted by molar-refractivity contribution is 5.61. The minimum Gasteiger partial charge on any atom is -0.351 e. The first-order valence-electron chi connectivity index (χ1n) is 7.21. The molecule has 104 valence electrons. The molecule has 3 N–H and O–H groups in total. The number of hydrogen-bond acceptors (Lipinski definition) is 4. The molecule has 1 heterocycles. The lowest BCUT2D eigenvalue weighted by molar-refractivity contribution is 0.410. The Morgan fingerprint density at radius 1 is 0.900 bits per heavy atom. The van der Waals surface area contributed by atoms with Gasteiger partial charge >= 0.3 is 0 Å². The second kappa shape index (κ2) is 6.01. The van der Waals surface area contributed by atoms with Crippen LogP contribution in [-0.4, -0.2) is 22.1 Å². The third-order valence-electron chi connectivity index (χ3n) is 3.86. The van der Waals surface area contributed by atoms with E-state index >= 15 is 0 Å². The number of anilines is 1. The van der Waals surface area contributed by atoms with Gasteiger partial charge in [-0.3, -0.25) is 0 Å². The van der Waals surface area contributed by atoms with Gasteiger partial charge in [0.05, 0.1) is 0 Å². The SMILES string of the molecule is NC1CCC(Nc2ncc(-c3ccccc3)cn2)CC1. The topological polar surface area (TPSA) is 63.8 Å². The summed E-state index contributed by atoms with van der Waals surface area (Å²) in [5.41, 5.74) is 8.10. The molecular weight excluding hydrogens is 248 g/mol. The lowest BCUT2D eigenvalue weighted by Crippen LogP contribution is -2.33. The minimum absolute atomic E-state index is 0.370. The van der Waals surface area contributed by atoms with Crippen molar-refractivity contribution in [3.05, 3.63) is 42.7 Å². The smallest absolute Gasteiger partial charge is 0.222 e. The number of aromatic nitrogens is 2. The molecule has 0 aliphatic heterocycles. The van der Waals surface area contributed by atoms with Crippen LogP contribution >= 0.6 is 0 Å². The Bertz CT molecular complexity index is 530. The van der Waals surface area contributed by atoms with Gasteiger partial charge < -0.3 is 11.1 Å². The first-order valence-corrected chi connectivity index (χ1v) is 7.21. The van der Waals surface area contributed by atoms with Gasteiger partial charge in [0.25, 0.3) is 0 Å². The normalized spacial score (nSPS) is 22.4. The van der Waals surface area contributed by atoms with E-state index in [4.69, 9.17) is 5.73 Å². The second-order valence-electron chi connectivity index (χ2n) is 5.42. The molecule has 0 bridgehead atoms. The maximum atomic E-state index is 5.92. The van der Waals surface area contributed by atoms with Gasteiger partial charge in [-0.05, 0) is 31.2 Å². The van der Waals surface area contributed by atoms with Crippen molar-refractivity contribution in [2.45, 2.75) is 37.8 Å². The van der Waals surface area contributed by atoms with E-state index in [1.165, 1.54) is 0 Å². The number of benzene rings is 1. The number of hydrogen-bond donors (Lipinski definition) is 2. The number of nitrogens with zero attached hydrogens (tertiary/aromatic N) is 2. The monoisotopic (exact) mass is 268 g/mol. The minimum atomic E-state index is 0.370. The average Bonchev–Trinajstić information content (AvgIpc) is 2.51. The average molecular weight is 268 g/mol. The van der Waals surface area contributed by atoms with Gasteiger partial charge in [0.2, 0.25) is 5.95 Å². The van der Waals surface area contributed by atoms with Gasteiger partial charge in [0, 0.05) is 30.0 Å². The molecule has 1 aromatic carbocycles. The van der Waals surface area contributed by atoms with E-state index in [0.29, 0.717) is 18.0 Å². The van der Waals surface area contributed by atoms with Crippen molar-refractivity contribution in [1.29, 1.82) is 0 Å². The molecule has 4 nitrogen and oxygen atoms in total. The molecule has 0 amide bonds. The highest BCUT2D eigenvalue weighted by Gasteiger charge is 2.18. The van der Waals surface area contributed by atoms with E-state index in [9.17, 15) is 0 Å². The fourth-order valence-corrected chi connectivity index (χ4v) is 2.63. The Morgan fingerprint density at radius 2 is 1.55 bits per heavy atom. The lowest BCUT2D eigenvalue weighted by Gasteiger charge is -2.26. The van der Waals surface area contributed by atoms with Gasteiger partial charge in [-0.15, -0.1) is 0 Å². The quantitative estimate of drug-likeness (QED) is 0.898. The Morgan fingerprint density at radius 3 is 2.20 bits per heavy atom. The van der Waals surface area contributed by atoms with Gasteiger partial charge in [-0.2, -0.15) is 0 Å². The summed E-state index contributed by atoms with van der Waals surface area (Å²) in [4.78, 5) is 8.83. The summed E-state index contributed by atoms with van der Waals surface area (Å²) in [5, 5.41) is 3.40. The molecule has 3 rings (SSSR count). The number of nitrogens with two attached hydrogens (primary N) is 1. The highest BCUT2D eigenvalue weighted by Crippen LogP contribution is 2.21. The summed E-state index contributed by atoms with van der Waals surface area (Å²) >= 11 is 0. The first-order chi connectivity index (χ1) is 9.81. The molecule has 1 fully saturated rings. The van der Waals surface area contributed by atoms with Crippen molar-refractivity contribution in [2.24, 2.45) is 5.73 Å². The zero-order chi connectivity index (χ0) is 13.8. The zero-order valence-electron chi connectivity index (χ0n) is 11.5. The van der Waals surface area contributed by atoms with Crippen molar-refractivity contribution in [3.8, 4) is 11.1 Å². The molecule has 1 aromatic heterocycles. The Kier molecular flexibility index (Phi) is 3.92. The summed E-state index contributed by atoms with van der Waals surface area (Å²) in [6.07, 6.45) is 8.12. The highest BCUT2D eigenvalue weighted by atomic mass is 15.1. The van der Waals surface area contributed by atoms with Crippen molar-refractivity contribution < 1.29 is 0 Å². The van der Waals surface area contributed by atoms with E-state index in [0.717, 1.165) is 36.8 Å². The van der Waals surface area contributed by atoms with Crippen LogP contribution in [0.25, 0.3) is 11.1 Å². The summed E-state index contributed by atoms with van der Waals surface area (Å²) in [7, 11) is 0. The fourth-order valence-electron chi connectivity index (χ4n) is 2.63. The Balaban J connectivity index is 1.65. The molecule has 0 spiro atoms. The van der Waals surface area contributed by atoms with Crippen LogP contribution in [0.3, 0.4) is 0 Å². The van der Waals surface area contributed by atoms with Crippen molar-refractivity contribution >= 4 is 5.95 Å². The molecule has 1 aliphatic carbocycles. The van der Waals surface area contributed by atoms with E-state index < -0.39 is 0 Å². The maximum Gasteiger partial charge on any atom is 0.222 e. The Labute approximate surface area is 119 Å². The van der Waals surface area contributed by atoms with Gasteiger partial charge in [0.15, 0.2) is 0 Å². The first kappa shape index (κ1) is 13.1. The molecule has 0 saturated heterocycles. The second-order valence-corrected chi connectivity index (χ2v) is 5.42. The van der Waals surface area contributed by atoms with Crippen LogP contribution in [0.4, 0.5) is 5.95 Å². The third kappa shape index (κ3) is 3.14. The van der Waals surface area contributed by atoms with E-state index in [1.54, 1.807) is 0 Å². The summed E-state index contributed by atoms with van der Waals surface area (Å²) < 4.78 is 0. The molecule has 0 atom stereocenters. The maximum absolute atomic E-state index is 5.92. The molecule has 1 saturated carbocycles. The van der Waals surface area contributed by atoms with Crippen LogP contribution < -0.4 is 11.1 Å². The molecule has 0 radical (unpaired) electrons. The van der Waals surface area contributed by atoms with Crippen LogP contribution in [0.5, 0.6) is 0 Å². The molecule has 20 heavy (non-hydrogen) atoms. The Hall–Kier alpha value is -1.94. The predicted molar refractivity (Wildman–Crippen MR) is 81.3 cm³/mol. The molecule has 0 unspecified atom stereocenters. The fraction of sp³-hybridized carbons (Fsp3) is 0.375. The molecule has 2 aromatic rings. The predicted octanol–water partition coefficient (Wildman–Crippen LogP) is 2.83. The standard InChI is InChI=1S/C16H20N4/c17-14-6-8-15(9-7-14)20-16-18-10-13(11-19-16)12-4-2-1-3-5-12/h1-5,10-11,14-15H,6-9,17H2,(H,18,19,20). The van der Waals surface area contributed by atoms with Crippen molar-refractivity contribution in [1.82, 2.24) is 9.97 Å². The zero-order valence-corrected chi connectivity index (χ0v) is 11.5. The van der Waals surface area contributed by atoms with E-state index in [2.05, 4.69) is 27.4 Å². The summed E-state index contributed by atoms with van der Waals surface area (Å²) in [6, 6.07) is 11.0. The lowest BCUT2D eigenvalue weighted by atomic mass is 9.92. The van der Waals surface area contributed by atoms with Crippen LogP contribution in [0.15, 0.2) is 42.7 Å². The summed E-state index contributed by atoms with van der Waals surface area (Å²) in [6.45, 7) is 0. The van der Waals surface area contributed by atoms with Gasteiger partial charge in [-0.1, -0.05) is 30.3 Å². The van der Waals surface area contributed by atoms with Gasteiger partial charge in [0.1, 0.15) is 0 Å². The van der Waals surface area contributed by atoms with Crippen molar-refractivity contribution in [2.75, 3.05) is 5.32 Å². The van der Waals surface area contributed by atoms with Crippen LogP contribution in [0.1, 0.15) is 25.7 Å². The number of rotatable bonds is 3. The van der Waals surface area contributed by atoms with E-state index in [1.807, 2.05) is 30.6 Å².